The zero-order valence-electron chi connectivity index (χ0n) is 10.2. The first-order chi connectivity index (χ1) is 7.63. The highest BCUT2D eigenvalue weighted by Gasteiger charge is 2.10. The van der Waals surface area contributed by atoms with Crippen molar-refractivity contribution in [2.75, 3.05) is 6.61 Å². The van der Waals surface area contributed by atoms with Crippen LogP contribution in [-0.4, -0.2) is 17.0 Å². The minimum atomic E-state index is 0.190. The van der Waals surface area contributed by atoms with Gasteiger partial charge in [0.05, 0.1) is 12.8 Å². The summed E-state index contributed by atoms with van der Waals surface area (Å²) in [6, 6.07) is 2.06. The Balaban J connectivity index is 2.65. The SMILES string of the molecule is CCCOc1cncc(C(C)CC(C)Cl)c1. The van der Waals surface area contributed by atoms with Crippen LogP contribution in [0.25, 0.3) is 0 Å². The van der Waals surface area contributed by atoms with Crippen molar-refractivity contribution in [3.05, 3.63) is 24.0 Å². The summed E-state index contributed by atoms with van der Waals surface area (Å²) in [7, 11) is 0. The molecule has 0 aliphatic rings. The first-order valence-electron chi connectivity index (χ1n) is 5.85. The Bertz CT molecular complexity index is 315. The van der Waals surface area contributed by atoms with E-state index in [1.165, 1.54) is 5.56 Å². The largest absolute Gasteiger partial charge is 0.492 e. The van der Waals surface area contributed by atoms with Gasteiger partial charge in [-0.05, 0) is 37.3 Å². The molecule has 2 nitrogen and oxygen atoms in total. The van der Waals surface area contributed by atoms with Crippen molar-refractivity contribution in [3.8, 4) is 5.75 Å². The zero-order valence-corrected chi connectivity index (χ0v) is 11.0. The lowest BCUT2D eigenvalue weighted by Gasteiger charge is -2.14. The summed E-state index contributed by atoms with van der Waals surface area (Å²) in [5.74, 6) is 1.28. The van der Waals surface area contributed by atoms with Crippen LogP contribution in [0.4, 0.5) is 0 Å². The van der Waals surface area contributed by atoms with Gasteiger partial charge in [0.2, 0.25) is 0 Å². The maximum atomic E-state index is 5.99. The summed E-state index contributed by atoms with van der Waals surface area (Å²) >= 11 is 5.99. The molecule has 3 heteroatoms. The maximum Gasteiger partial charge on any atom is 0.137 e. The Morgan fingerprint density at radius 3 is 2.75 bits per heavy atom. The highest BCUT2D eigenvalue weighted by molar-refractivity contribution is 6.20. The molecule has 1 heterocycles. The van der Waals surface area contributed by atoms with Gasteiger partial charge in [-0.25, -0.2) is 0 Å². The molecule has 0 aliphatic heterocycles. The summed E-state index contributed by atoms with van der Waals surface area (Å²) in [5, 5.41) is 0.190. The fourth-order valence-corrected chi connectivity index (χ4v) is 1.89. The molecule has 2 unspecified atom stereocenters. The minimum Gasteiger partial charge on any atom is -0.492 e. The molecule has 0 saturated heterocycles. The predicted molar refractivity (Wildman–Crippen MR) is 68.4 cm³/mol. The number of hydrogen-bond acceptors (Lipinski definition) is 2. The lowest BCUT2D eigenvalue weighted by atomic mass is 9.98. The number of halogens is 1. The van der Waals surface area contributed by atoms with Crippen LogP contribution in [-0.2, 0) is 0 Å². The lowest BCUT2D eigenvalue weighted by Crippen LogP contribution is -2.02. The third-order valence-electron chi connectivity index (χ3n) is 2.45. The molecule has 0 bridgehead atoms. The van der Waals surface area contributed by atoms with E-state index >= 15 is 0 Å². The van der Waals surface area contributed by atoms with Crippen LogP contribution in [0.5, 0.6) is 5.75 Å². The molecule has 0 saturated carbocycles. The number of rotatable bonds is 6. The standard InChI is InChI=1S/C13H20ClNO/c1-4-5-16-13-7-12(8-15-9-13)10(2)6-11(3)14/h7-11H,4-6H2,1-3H3. The first kappa shape index (κ1) is 13.3. The molecule has 0 fully saturated rings. The zero-order chi connectivity index (χ0) is 12.0. The smallest absolute Gasteiger partial charge is 0.137 e. The lowest BCUT2D eigenvalue weighted by molar-refractivity contribution is 0.315. The molecule has 0 radical (unpaired) electrons. The molecular formula is C13H20ClNO. The van der Waals surface area contributed by atoms with Crippen LogP contribution in [0, 0.1) is 0 Å². The number of alkyl halides is 1. The molecule has 0 aliphatic carbocycles. The number of nitrogens with zero attached hydrogens (tertiary/aromatic N) is 1. The van der Waals surface area contributed by atoms with E-state index in [4.69, 9.17) is 16.3 Å². The van der Waals surface area contributed by atoms with Gasteiger partial charge in [0, 0.05) is 11.6 Å². The average molecular weight is 242 g/mol. The van der Waals surface area contributed by atoms with Crippen molar-refractivity contribution in [2.45, 2.75) is 44.9 Å². The Morgan fingerprint density at radius 2 is 2.12 bits per heavy atom. The molecule has 1 aromatic rings. The third kappa shape index (κ3) is 4.40. The highest BCUT2D eigenvalue weighted by atomic mass is 35.5. The topological polar surface area (TPSA) is 22.1 Å². The molecule has 2 atom stereocenters. The molecule has 90 valence electrons. The van der Waals surface area contributed by atoms with Gasteiger partial charge in [-0.1, -0.05) is 13.8 Å². The number of ether oxygens (including phenoxy) is 1. The number of aromatic nitrogens is 1. The summed E-state index contributed by atoms with van der Waals surface area (Å²) in [4.78, 5) is 4.20. The van der Waals surface area contributed by atoms with Crippen LogP contribution in [0.1, 0.15) is 45.1 Å². The van der Waals surface area contributed by atoms with E-state index in [2.05, 4.69) is 24.9 Å². The molecule has 1 rings (SSSR count). The fraction of sp³-hybridized carbons (Fsp3) is 0.615. The minimum absolute atomic E-state index is 0.190. The Hall–Kier alpha value is -0.760. The van der Waals surface area contributed by atoms with E-state index in [0.29, 0.717) is 5.92 Å². The van der Waals surface area contributed by atoms with Crippen molar-refractivity contribution in [1.82, 2.24) is 4.98 Å². The van der Waals surface area contributed by atoms with Gasteiger partial charge in [-0.2, -0.15) is 0 Å². The van der Waals surface area contributed by atoms with Gasteiger partial charge >= 0.3 is 0 Å². The summed E-state index contributed by atoms with van der Waals surface area (Å²) in [5.41, 5.74) is 1.20. The Morgan fingerprint density at radius 1 is 1.38 bits per heavy atom. The van der Waals surface area contributed by atoms with Crippen molar-refractivity contribution in [2.24, 2.45) is 0 Å². The van der Waals surface area contributed by atoms with Crippen LogP contribution in [0.3, 0.4) is 0 Å². The molecule has 1 aromatic heterocycles. The third-order valence-corrected chi connectivity index (χ3v) is 2.63. The quantitative estimate of drug-likeness (QED) is 0.703. The molecule has 16 heavy (non-hydrogen) atoms. The molecule has 0 N–H and O–H groups in total. The van der Waals surface area contributed by atoms with Crippen molar-refractivity contribution >= 4 is 11.6 Å². The average Bonchev–Trinajstić information content (AvgIpc) is 2.26. The predicted octanol–water partition coefficient (Wildman–Crippen LogP) is 3.99. The summed E-state index contributed by atoms with van der Waals surface area (Å²) < 4.78 is 5.56. The van der Waals surface area contributed by atoms with Gasteiger partial charge in [0.15, 0.2) is 0 Å². The van der Waals surface area contributed by atoms with Gasteiger partial charge in [-0.15, -0.1) is 11.6 Å². The molecule has 0 aromatic carbocycles. The van der Waals surface area contributed by atoms with Crippen molar-refractivity contribution < 1.29 is 4.74 Å². The van der Waals surface area contributed by atoms with Gasteiger partial charge in [0.25, 0.3) is 0 Å². The van der Waals surface area contributed by atoms with Gasteiger partial charge in [-0.3, -0.25) is 4.98 Å². The first-order valence-corrected chi connectivity index (χ1v) is 6.29. The Labute approximate surface area is 103 Å². The summed E-state index contributed by atoms with van der Waals surface area (Å²) in [6.07, 6.45) is 5.62. The van der Waals surface area contributed by atoms with E-state index in [9.17, 15) is 0 Å². The van der Waals surface area contributed by atoms with Crippen LogP contribution >= 0.6 is 11.6 Å². The van der Waals surface area contributed by atoms with E-state index in [1.54, 1.807) is 6.20 Å². The van der Waals surface area contributed by atoms with Crippen molar-refractivity contribution in [3.63, 3.8) is 0 Å². The second-order valence-corrected chi connectivity index (χ2v) is 4.97. The van der Waals surface area contributed by atoms with E-state index < -0.39 is 0 Å². The number of pyridine rings is 1. The fourth-order valence-electron chi connectivity index (χ4n) is 1.63. The van der Waals surface area contributed by atoms with Crippen LogP contribution in [0.2, 0.25) is 0 Å². The van der Waals surface area contributed by atoms with E-state index in [-0.39, 0.29) is 5.38 Å². The second kappa shape index (κ2) is 6.74. The maximum absolute atomic E-state index is 5.99. The molecular weight excluding hydrogens is 222 g/mol. The monoisotopic (exact) mass is 241 g/mol. The van der Waals surface area contributed by atoms with Crippen molar-refractivity contribution in [1.29, 1.82) is 0 Å². The highest BCUT2D eigenvalue weighted by Crippen LogP contribution is 2.24. The van der Waals surface area contributed by atoms with Gasteiger partial charge in [0.1, 0.15) is 5.75 Å². The van der Waals surface area contributed by atoms with Crippen LogP contribution < -0.4 is 4.74 Å². The molecule has 0 amide bonds. The Kier molecular flexibility index (Phi) is 5.61. The summed E-state index contributed by atoms with van der Waals surface area (Å²) in [6.45, 7) is 7.02. The normalized spacial score (nSPS) is 14.5. The second-order valence-electron chi connectivity index (χ2n) is 4.22. The van der Waals surface area contributed by atoms with E-state index in [1.807, 2.05) is 13.1 Å². The van der Waals surface area contributed by atoms with E-state index in [0.717, 1.165) is 25.2 Å². The molecule has 0 spiro atoms. The number of hydrogen-bond donors (Lipinski definition) is 0. The van der Waals surface area contributed by atoms with Crippen LogP contribution in [0.15, 0.2) is 18.5 Å². The van der Waals surface area contributed by atoms with Gasteiger partial charge < -0.3 is 4.74 Å².